The third kappa shape index (κ3) is 3.09. The van der Waals surface area contributed by atoms with E-state index in [1.165, 1.54) is 4.68 Å². The van der Waals surface area contributed by atoms with Crippen molar-refractivity contribution in [2.75, 3.05) is 12.8 Å². The van der Waals surface area contributed by atoms with E-state index >= 15 is 0 Å². The van der Waals surface area contributed by atoms with Crippen LogP contribution in [0.15, 0.2) is 36.8 Å². The number of hydrogen-bond donors (Lipinski definition) is 1. The van der Waals surface area contributed by atoms with E-state index < -0.39 is 0 Å². The molecule has 0 saturated heterocycles. The topological polar surface area (TPSA) is 77.0 Å². The largest absolute Gasteiger partial charge is 0.382 e. The van der Waals surface area contributed by atoms with Gasteiger partial charge in [-0.1, -0.05) is 0 Å². The monoisotopic (exact) mass is 259 g/mol. The summed E-state index contributed by atoms with van der Waals surface area (Å²) in [6.45, 7) is 2.16. The van der Waals surface area contributed by atoms with Crippen LogP contribution in [0.3, 0.4) is 0 Å². The number of nitrogens with two attached hydrogens (primary N) is 1. The molecule has 6 nitrogen and oxygen atoms in total. The van der Waals surface area contributed by atoms with Crippen LogP contribution >= 0.6 is 0 Å². The van der Waals surface area contributed by atoms with Gasteiger partial charge < -0.3 is 10.6 Å². The van der Waals surface area contributed by atoms with Crippen LogP contribution in [0.4, 0.5) is 5.82 Å². The minimum atomic E-state index is -0.0209. The van der Waals surface area contributed by atoms with E-state index in [-0.39, 0.29) is 18.5 Å². The van der Waals surface area contributed by atoms with Crippen LogP contribution in [0.25, 0.3) is 0 Å². The molecule has 1 unspecified atom stereocenters. The zero-order valence-electron chi connectivity index (χ0n) is 11.0. The van der Waals surface area contributed by atoms with E-state index in [0.717, 1.165) is 5.56 Å². The molecule has 0 aliphatic carbocycles. The number of anilines is 1. The Bertz CT molecular complexity index is 551. The predicted molar refractivity (Wildman–Crippen MR) is 72.1 cm³/mol. The number of hydrogen-bond acceptors (Lipinski definition) is 4. The van der Waals surface area contributed by atoms with Crippen molar-refractivity contribution < 1.29 is 4.79 Å². The minimum Gasteiger partial charge on any atom is -0.382 e. The summed E-state index contributed by atoms with van der Waals surface area (Å²) in [6.07, 6.45) is 5.13. The average molecular weight is 259 g/mol. The molecule has 0 saturated carbocycles. The molecule has 0 radical (unpaired) electrons. The van der Waals surface area contributed by atoms with Crippen molar-refractivity contribution in [2.24, 2.45) is 0 Å². The Balaban J connectivity index is 2.03. The molecule has 2 aromatic rings. The first-order valence-electron chi connectivity index (χ1n) is 6.02. The number of likely N-dealkylation sites (N-methyl/N-ethyl adjacent to an activating group) is 1. The van der Waals surface area contributed by atoms with Gasteiger partial charge in [-0.3, -0.25) is 14.5 Å². The van der Waals surface area contributed by atoms with Gasteiger partial charge in [-0.15, -0.1) is 0 Å². The highest BCUT2D eigenvalue weighted by molar-refractivity contribution is 5.76. The van der Waals surface area contributed by atoms with Crippen molar-refractivity contribution in [2.45, 2.75) is 19.5 Å². The fourth-order valence-corrected chi connectivity index (χ4v) is 1.80. The van der Waals surface area contributed by atoms with Crippen molar-refractivity contribution >= 4 is 11.7 Å². The van der Waals surface area contributed by atoms with E-state index in [1.807, 2.05) is 19.1 Å². The molecule has 100 valence electrons. The molecule has 1 amide bonds. The lowest BCUT2D eigenvalue weighted by Crippen LogP contribution is -2.32. The normalized spacial score (nSPS) is 12.1. The lowest BCUT2D eigenvalue weighted by Gasteiger charge is -2.25. The number of nitrogen functional groups attached to an aromatic ring is 1. The smallest absolute Gasteiger partial charge is 0.244 e. The fraction of sp³-hybridized carbons (Fsp3) is 0.308. The van der Waals surface area contributed by atoms with E-state index in [1.54, 1.807) is 36.6 Å². The summed E-state index contributed by atoms with van der Waals surface area (Å²) in [7, 11) is 1.78. The first-order valence-corrected chi connectivity index (χ1v) is 6.02. The maximum atomic E-state index is 12.1. The Morgan fingerprint density at radius 3 is 2.68 bits per heavy atom. The molecular weight excluding hydrogens is 242 g/mol. The number of carbonyl (C=O) groups is 1. The van der Waals surface area contributed by atoms with E-state index in [4.69, 9.17) is 5.73 Å². The van der Waals surface area contributed by atoms with Crippen LogP contribution in [-0.2, 0) is 11.3 Å². The molecule has 6 heteroatoms. The van der Waals surface area contributed by atoms with Gasteiger partial charge in [-0.2, -0.15) is 5.10 Å². The SMILES string of the molecule is CC(c1ccncc1)N(C)C(=O)Cn1ccc(N)n1. The number of carbonyl (C=O) groups excluding carboxylic acids is 1. The van der Waals surface area contributed by atoms with Crippen LogP contribution in [-0.4, -0.2) is 32.6 Å². The molecular formula is C13H17N5O. The molecule has 2 rings (SSSR count). The zero-order chi connectivity index (χ0) is 13.8. The quantitative estimate of drug-likeness (QED) is 0.891. The Morgan fingerprint density at radius 1 is 1.42 bits per heavy atom. The number of nitrogens with zero attached hydrogens (tertiary/aromatic N) is 4. The molecule has 0 spiro atoms. The lowest BCUT2D eigenvalue weighted by atomic mass is 10.1. The molecule has 2 aromatic heterocycles. The summed E-state index contributed by atoms with van der Waals surface area (Å²) in [6, 6.07) is 5.46. The second-order valence-corrected chi connectivity index (χ2v) is 4.40. The van der Waals surface area contributed by atoms with Gasteiger partial charge in [-0.25, -0.2) is 0 Å². The Labute approximate surface area is 111 Å². The minimum absolute atomic E-state index is 0.0107. The molecule has 0 aromatic carbocycles. The van der Waals surface area contributed by atoms with Crippen LogP contribution in [0.1, 0.15) is 18.5 Å². The maximum Gasteiger partial charge on any atom is 0.244 e. The first-order chi connectivity index (χ1) is 9.08. The third-order valence-electron chi connectivity index (χ3n) is 3.12. The summed E-state index contributed by atoms with van der Waals surface area (Å²) in [4.78, 5) is 17.8. The van der Waals surface area contributed by atoms with Crippen molar-refractivity contribution in [1.29, 1.82) is 0 Å². The van der Waals surface area contributed by atoms with E-state index in [9.17, 15) is 4.79 Å². The molecule has 0 bridgehead atoms. The van der Waals surface area contributed by atoms with E-state index in [2.05, 4.69) is 10.1 Å². The Kier molecular flexibility index (Phi) is 3.79. The van der Waals surface area contributed by atoms with Gasteiger partial charge >= 0.3 is 0 Å². The average Bonchev–Trinajstić information content (AvgIpc) is 2.83. The van der Waals surface area contributed by atoms with Crippen LogP contribution in [0.5, 0.6) is 0 Å². The van der Waals surface area contributed by atoms with E-state index in [0.29, 0.717) is 5.82 Å². The molecule has 2 heterocycles. The van der Waals surface area contributed by atoms with Crippen LogP contribution in [0.2, 0.25) is 0 Å². The molecule has 2 N–H and O–H groups in total. The van der Waals surface area contributed by atoms with Gasteiger partial charge in [0.15, 0.2) is 0 Å². The highest BCUT2D eigenvalue weighted by Crippen LogP contribution is 2.17. The summed E-state index contributed by atoms with van der Waals surface area (Å²) in [5.74, 6) is 0.394. The number of aromatic nitrogens is 3. The van der Waals surface area contributed by atoms with Crippen molar-refractivity contribution in [3.05, 3.63) is 42.4 Å². The zero-order valence-corrected chi connectivity index (χ0v) is 11.0. The second kappa shape index (κ2) is 5.51. The van der Waals surface area contributed by atoms with Crippen molar-refractivity contribution in [1.82, 2.24) is 19.7 Å². The summed E-state index contributed by atoms with van der Waals surface area (Å²) in [5.41, 5.74) is 6.56. The van der Waals surface area contributed by atoms with Gasteiger partial charge in [0.05, 0.1) is 6.04 Å². The molecule has 19 heavy (non-hydrogen) atoms. The third-order valence-corrected chi connectivity index (χ3v) is 3.12. The van der Waals surface area contributed by atoms with Gasteiger partial charge in [0.25, 0.3) is 0 Å². The number of rotatable bonds is 4. The highest BCUT2D eigenvalue weighted by atomic mass is 16.2. The standard InChI is InChI=1S/C13H17N5O/c1-10(11-3-6-15-7-4-11)17(2)13(19)9-18-8-5-12(14)16-18/h3-8,10H,9H2,1-2H3,(H2,14,16). The molecule has 0 aliphatic rings. The first kappa shape index (κ1) is 13.1. The summed E-state index contributed by atoms with van der Waals surface area (Å²) in [5, 5.41) is 4.00. The van der Waals surface area contributed by atoms with Crippen molar-refractivity contribution in [3.8, 4) is 0 Å². The fourth-order valence-electron chi connectivity index (χ4n) is 1.80. The molecule has 1 atom stereocenters. The van der Waals surface area contributed by atoms with Gasteiger partial charge in [0.2, 0.25) is 5.91 Å². The van der Waals surface area contributed by atoms with Gasteiger partial charge in [0.1, 0.15) is 12.4 Å². The van der Waals surface area contributed by atoms with Gasteiger partial charge in [-0.05, 0) is 30.7 Å². The molecule has 0 aliphatic heterocycles. The number of amides is 1. The van der Waals surface area contributed by atoms with Crippen LogP contribution in [0, 0.1) is 0 Å². The van der Waals surface area contributed by atoms with Gasteiger partial charge in [0, 0.05) is 25.6 Å². The Hall–Kier alpha value is -2.37. The molecule has 0 fully saturated rings. The Morgan fingerprint density at radius 2 is 2.11 bits per heavy atom. The van der Waals surface area contributed by atoms with Crippen LogP contribution < -0.4 is 5.73 Å². The second-order valence-electron chi connectivity index (χ2n) is 4.40. The predicted octanol–water partition coefficient (Wildman–Crippen LogP) is 1.08. The lowest BCUT2D eigenvalue weighted by molar-refractivity contribution is -0.132. The number of pyridine rings is 1. The summed E-state index contributed by atoms with van der Waals surface area (Å²) >= 11 is 0. The maximum absolute atomic E-state index is 12.1. The highest BCUT2D eigenvalue weighted by Gasteiger charge is 2.17. The summed E-state index contributed by atoms with van der Waals surface area (Å²) < 4.78 is 1.54. The van der Waals surface area contributed by atoms with Crippen molar-refractivity contribution in [3.63, 3.8) is 0 Å².